The fourth-order valence-electron chi connectivity index (χ4n) is 11.3. The molecule has 0 atom stereocenters. The Morgan fingerprint density at radius 1 is 0.384 bits per heavy atom. The number of benzene rings is 3. The molecule has 14 nitrogen and oxygen atoms in total. The fourth-order valence-corrected chi connectivity index (χ4v) is 11.3. The molecular formula is C71H113FN12O2. The molecule has 0 spiro atoms. The largest absolute Gasteiger partial charge is 0.495 e. The molecule has 10 rings (SSSR count). The first-order chi connectivity index (χ1) is 41.1. The first-order valence-corrected chi connectivity index (χ1v) is 32.3. The highest BCUT2D eigenvalue weighted by atomic mass is 19.1. The minimum absolute atomic E-state index is 0.224. The van der Waals surface area contributed by atoms with Gasteiger partial charge >= 0.3 is 0 Å². The van der Waals surface area contributed by atoms with Gasteiger partial charge in [0.15, 0.2) is 11.6 Å². The summed E-state index contributed by atoms with van der Waals surface area (Å²) in [7, 11) is 14.1. The Bertz CT molecular complexity index is 2670. The fraction of sp³-hybridized carbons (Fsp3) is 0.606. The summed E-state index contributed by atoms with van der Waals surface area (Å²) in [4.78, 5) is 32.6. The van der Waals surface area contributed by atoms with E-state index >= 15 is 0 Å². The molecule has 0 unspecified atom stereocenters. The van der Waals surface area contributed by atoms with Gasteiger partial charge in [0.2, 0.25) is 0 Å². The van der Waals surface area contributed by atoms with E-state index in [1.807, 2.05) is 38.4 Å². The van der Waals surface area contributed by atoms with Gasteiger partial charge in [-0.2, -0.15) is 0 Å². The van der Waals surface area contributed by atoms with Crippen LogP contribution in [0.15, 0.2) is 85.2 Å². The van der Waals surface area contributed by atoms with Gasteiger partial charge in [0.05, 0.1) is 37.5 Å². The average molecular weight is 1190 g/mol. The molecule has 0 amide bonds. The van der Waals surface area contributed by atoms with E-state index in [0.717, 1.165) is 135 Å². The van der Waals surface area contributed by atoms with E-state index in [9.17, 15) is 4.39 Å². The number of piperazine rings is 5. The lowest BCUT2D eigenvalue weighted by atomic mass is 9.99. The predicted octanol–water partition coefficient (Wildman–Crippen LogP) is 12.1. The zero-order valence-corrected chi connectivity index (χ0v) is 56.7. The summed E-state index contributed by atoms with van der Waals surface area (Å²) in [6.07, 6.45) is 4.03. The molecular weight excluding hydrogens is 1070 g/mol. The van der Waals surface area contributed by atoms with E-state index in [-0.39, 0.29) is 11.7 Å². The molecule has 476 valence electrons. The number of hydrogen-bond acceptors (Lipinski definition) is 14. The Morgan fingerprint density at radius 2 is 0.802 bits per heavy atom. The van der Waals surface area contributed by atoms with E-state index in [0.29, 0.717) is 35.1 Å². The van der Waals surface area contributed by atoms with E-state index in [4.69, 9.17) is 9.47 Å². The second-order valence-corrected chi connectivity index (χ2v) is 26.1. The van der Waals surface area contributed by atoms with Crippen molar-refractivity contribution in [3.63, 3.8) is 0 Å². The Hall–Kier alpha value is -5.71. The van der Waals surface area contributed by atoms with Crippen molar-refractivity contribution in [1.82, 2.24) is 34.5 Å². The summed E-state index contributed by atoms with van der Waals surface area (Å²) >= 11 is 0. The highest BCUT2D eigenvalue weighted by molar-refractivity contribution is 5.61. The number of pyridine rings is 2. The van der Waals surface area contributed by atoms with Crippen LogP contribution in [-0.2, 0) is 0 Å². The summed E-state index contributed by atoms with van der Waals surface area (Å²) in [5.74, 6) is 4.80. The molecule has 0 radical (unpaired) electrons. The van der Waals surface area contributed by atoms with Crippen molar-refractivity contribution in [3.05, 3.63) is 125 Å². The third kappa shape index (κ3) is 20.4. The van der Waals surface area contributed by atoms with Gasteiger partial charge in [0.1, 0.15) is 11.6 Å². The van der Waals surface area contributed by atoms with Crippen LogP contribution in [0.4, 0.5) is 33.0 Å². The molecule has 15 heteroatoms. The molecule has 5 saturated heterocycles. The van der Waals surface area contributed by atoms with Crippen LogP contribution in [0.5, 0.6) is 11.5 Å². The number of rotatable bonds is 12. The zero-order valence-electron chi connectivity index (χ0n) is 56.7. The number of aromatic nitrogens is 2. The summed E-state index contributed by atoms with van der Waals surface area (Å²) in [6, 6.07) is 26.1. The molecule has 5 aliphatic rings. The van der Waals surface area contributed by atoms with Crippen molar-refractivity contribution < 1.29 is 13.9 Å². The summed E-state index contributed by atoms with van der Waals surface area (Å²) < 4.78 is 25.4. The van der Waals surface area contributed by atoms with Crippen molar-refractivity contribution in [1.29, 1.82) is 0 Å². The Kier molecular flexibility index (Phi) is 27.6. The monoisotopic (exact) mass is 1180 g/mol. The van der Waals surface area contributed by atoms with Gasteiger partial charge < -0.3 is 58.5 Å². The van der Waals surface area contributed by atoms with E-state index in [1.165, 1.54) is 65.2 Å². The molecule has 0 bridgehead atoms. The number of methoxy groups -OCH3 is 2. The minimum atomic E-state index is -0.224. The molecule has 0 saturated carbocycles. The Morgan fingerprint density at radius 3 is 1.20 bits per heavy atom. The molecule has 7 heterocycles. The summed E-state index contributed by atoms with van der Waals surface area (Å²) in [5.41, 5.74) is 12.2. The van der Waals surface area contributed by atoms with Gasteiger partial charge in [-0.3, -0.25) is 4.98 Å². The highest BCUT2D eigenvalue weighted by Crippen LogP contribution is 2.36. The molecule has 0 N–H and O–H groups in total. The molecule has 0 aliphatic carbocycles. The first kappa shape index (κ1) is 69.4. The second kappa shape index (κ2) is 34.2. The van der Waals surface area contributed by atoms with Gasteiger partial charge in [0.25, 0.3) is 0 Å². The Balaban J connectivity index is 0.000000172. The maximum absolute atomic E-state index is 14.6. The Labute approximate surface area is 521 Å². The summed E-state index contributed by atoms with van der Waals surface area (Å²) in [6.45, 7) is 45.7. The van der Waals surface area contributed by atoms with Crippen LogP contribution < -0.4 is 34.0 Å². The van der Waals surface area contributed by atoms with Crippen LogP contribution in [0, 0.1) is 12.7 Å². The van der Waals surface area contributed by atoms with Crippen molar-refractivity contribution in [3.8, 4) is 11.5 Å². The van der Waals surface area contributed by atoms with Crippen LogP contribution in [0.1, 0.15) is 132 Å². The third-order valence-electron chi connectivity index (χ3n) is 17.7. The topological polar surface area (TPSA) is 76.6 Å². The number of anilines is 5. The van der Waals surface area contributed by atoms with Crippen LogP contribution in [0.3, 0.4) is 0 Å². The third-order valence-corrected chi connectivity index (χ3v) is 17.7. The van der Waals surface area contributed by atoms with Gasteiger partial charge in [-0.25, -0.2) is 9.37 Å². The van der Waals surface area contributed by atoms with E-state index < -0.39 is 0 Å². The van der Waals surface area contributed by atoms with Gasteiger partial charge in [0, 0.05) is 148 Å². The normalized spacial score (nSPS) is 17.7. The molecule has 2 aromatic heterocycles. The molecule has 5 fully saturated rings. The zero-order chi connectivity index (χ0) is 62.6. The molecule has 3 aromatic carbocycles. The lowest BCUT2D eigenvalue weighted by Gasteiger charge is -2.35. The minimum Gasteiger partial charge on any atom is -0.495 e. The van der Waals surface area contributed by atoms with Crippen LogP contribution in [0.25, 0.3) is 0 Å². The first-order valence-electron chi connectivity index (χ1n) is 32.3. The standard InChI is InChI=1S/C15H23FN2O.C15H24N2O.C15H24N2.2C13H21N3/c1-11(2)12-5-6-13(14(16)15(12)19-4)18-9-7-17(3)8-10-18;1-12(2)13-5-6-14(15(11-13)18-4)17-9-7-16(3)8-10-17;1-12(2)14-5-6-15(13(3)11-14)17-9-7-16(4)8-10-17;1-11(2)13-5-4-12(10-14-13)16-8-6-15(3)7-9-16;1-11(2)12-4-5-13(14-10-12)16-8-6-15(3)7-9-16/h5-6,11H,7-10H2,1-4H3;5-6,11-12H,7-10H2,1-4H3;5-6,11-12H,7-10H2,1-4H3;2*4-5,10-11H,6-9H2,1-3H3. The number of halogens is 1. The number of aryl methyl sites for hydroxylation is 1. The van der Waals surface area contributed by atoms with Gasteiger partial charge in [-0.05, 0) is 142 Å². The molecule has 5 aliphatic heterocycles. The number of likely N-dealkylation sites (N-methyl/N-ethyl adjacent to an activating group) is 5. The lowest BCUT2D eigenvalue weighted by Crippen LogP contribution is -2.44. The molecule has 5 aromatic rings. The van der Waals surface area contributed by atoms with Crippen LogP contribution >= 0.6 is 0 Å². The number of hydrogen-bond donors (Lipinski definition) is 0. The maximum atomic E-state index is 14.6. The average Bonchev–Trinajstić information content (AvgIpc) is 1.73. The van der Waals surface area contributed by atoms with Crippen LogP contribution in [0.2, 0.25) is 0 Å². The smallest absolute Gasteiger partial charge is 0.188 e. The van der Waals surface area contributed by atoms with Gasteiger partial charge in [-0.1, -0.05) is 99.6 Å². The van der Waals surface area contributed by atoms with Crippen molar-refractivity contribution in [2.75, 3.05) is 205 Å². The SMILES string of the molecule is CC(C)c1ccc(N2CCN(C)CC2)cn1.CC(C)c1ccc(N2CCN(C)CC2)nc1.COc1c(C(C)C)ccc(N2CCN(C)CC2)c1F.COc1cc(C(C)C)ccc1N1CCN(C)CC1.Cc1cc(C(C)C)ccc1N1CCN(C)CC1. The van der Waals surface area contributed by atoms with Crippen LogP contribution in [-0.4, -0.2) is 215 Å². The quantitative estimate of drug-likeness (QED) is 0.119. The van der Waals surface area contributed by atoms with E-state index in [1.54, 1.807) is 7.11 Å². The second-order valence-electron chi connectivity index (χ2n) is 26.1. The summed E-state index contributed by atoms with van der Waals surface area (Å²) in [5, 5.41) is 0. The van der Waals surface area contributed by atoms with Crippen molar-refractivity contribution >= 4 is 28.6 Å². The van der Waals surface area contributed by atoms with Crippen molar-refractivity contribution in [2.45, 2.75) is 106 Å². The predicted molar refractivity (Wildman–Crippen MR) is 365 cm³/mol. The highest BCUT2D eigenvalue weighted by Gasteiger charge is 2.24. The maximum Gasteiger partial charge on any atom is 0.188 e. The number of ether oxygens (including phenoxy) is 2. The van der Waals surface area contributed by atoms with E-state index in [2.05, 4.69) is 217 Å². The van der Waals surface area contributed by atoms with Gasteiger partial charge in [-0.15, -0.1) is 0 Å². The molecule has 86 heavy (non-hydrogen) atoms. The van der Waals surface area contributed by atoms with Crippen molar-refractivity contribution in [2.24, 2.45) is 0 Å². The lowest BCUT2D eigenvalue weighted by molar-refractivity contribution is 0.310. The number of nitrogens with zero attached hydrogens (tertiary/aromatic N) is 12.